The molecule has 2 rings (SSSR count). The Morgan fingerprint density at radius 2 is 2.08 bits per heavy atom. The minimum atomic E-state index is -1.11. The summed E-state index contributed by atoms with van der Waals surface area (Å²) in [6.45, 7) is 7.51. The fraction of sp³-hybridized carbons (Fsp3) is 0.526. The van der Waals surface area contributed by atoms with Crippen LogP contribution in [0.3, 0.4) is 0 Å². The lowest BCUT2D eigenvalue weighted by Crippen LogP contribution is -2.41. The summed E-state index contributed by atoms with van der Waals surface area (Å²) in [5, 5.41) is 17.3. The fourth-order valence-corrected chi connectivity index (χ4v) is 2.69. The van der Waals surface area contributed by atoms with Gasteiger partial charge in [0.25, 0.3) is 0 Å². The molecular weight excluding hydrogens is 334 g/mol. The minimum Gasteiger partial charge on any atom is -0.469 e. The van der Waals surface area contributed by atoms with E-state index in [1.54, 1.807) is 20.3 Å². The van der Waals surface area contributed by atoms with Crippen LogP contribution in [0.5, 0.6) is 0 Å². The summed E-state index contributed by atoms with van der Waals surface area (Å²) in [6, 6.07) is 5.66. The van der Waals surface area contributed by atoms with E-state index in [0.717, 1.165) is 23.5 Å². The van der Waals surface area contributed by atoms with Crippen LogP contribution in [0.4, 0.5) is 0 Å². The van der Waals surface area contributed by atoms with Gasteiger partial charge in [-0.1, -0.05) is 0 Å². The zero-order valence-electron chi connectivity index (χ0n) is 16.0. The van der Waals surface area contributed by atoms with Crippen LogP contribution in [0, 0.1) is 13.8 Å². The Hall–Kier alpha value is -2.25. The van der Waals surface area contributed by atoms with Gasteiger partial charge in [0, 0.05) is 32.2 Å². The lowest BCUT2D eigenvalue weighted by molar-refractivity contribution is 0.0657. The highest BCUT2D eigenvalue weighted by Crippen LogP contribution is 2.27. The molecule has 0 aliphatic carbocycles. The summed E-state index contributed by atoms with van der Waals surface area (Å²) < 4.78 is 15.9. The van der Waals surface area contributed by atoms with E-state index in [1.807, 2.05) is 32.0 Å². The van der Waals surface area contributed by atoms with Crippen molar-refractivity contribution in [2.75, 3.05) is 33.4 Å². The number of ether oxygens (including phenoxy) is 1. The topological polar surface area (TPSA) is 92.2 Å². The summed E-state index contributed by atoms with van der Waals surface area (Å²) in [7, 11) is 1.65. The van der Waals surface area contributed by atoms with Gasteiger partial charge in [-0.25, -0.2) is 4.99 Å². The number of aliphatic hydroxyl groups is 1. The molecule has 0 aromatic carbocycles. The molecule has 0 aliphatic rings. The van der Waals surface area contributed by atoms with Crippen LogP contribution in [-0.4, -0.2) is 44.4 Å². The van der Waals surface area contributed by atoms with Gasteiger partial charge in [0.05, 0.1) is 19.4 Å². The molecule has 144 valence electrons. The Kier molecular flexibility index (Phi) is 7.29. The van der Waals surface area contributed by atoms with Gasteiger partial charge in [-0.15, -0.1) is 0 Å². The molecule has 0 saturated heterocycles. The predicted octanol–water partition coefficient (Wildman–Crippen LogP) is 2.12. The number of aliphatic imine (C=N–C) groups is 1. The standard InChI is InChI=1S/C19H29N3O4/c1-14-12-17(15(2)26-14)19(3,23)13-22-18(21-9-11-24-4)20-8-7-16-6-5-10-25-16/h5-6,10,12,23H,7-9,11,13H2,1-4H3,(H2,20,21,22). The molecule has 3 N–H and O–H groups in total. The van der Waals surface area contributed by atoms with Gasteiger partial charge in [0.15, 0.2) is 5.96 Å². The second-order valence-electron chi connectivity index (χ2n) is 6.44. The normalized spacial score (nSPS) is 14.3. The van der Waals surface area contributed by atoms with Gasteiger partial charge >= 0.3 is 0 Å². The van der Waals surface area contributed by atoms with Crippen LogP contribution in [0.15, 0.2) is 38.3 Å². The summed E-state index contributed by atoms with van der Waals surface area (Å²) >= 11 is 0. The molecule has 7 nitrogen and oxygen atoms in total. The summed E-state index contributed by atoms with van der Waals surface area (Å²) in [5.74, 6) is 3.01. The van der Waals surface area contributed by atoms with E-state index >= 15 is 0 Å². The van der Waals surface area contributed by atoms with Crippen LogP contribution >= 0.6 is 0 Å². The Bertz CT molecular complexity index is 690. The number of aryl methyl sites for hydroxylation is 2. The maximum atomic E-state index is 10.8. The van der Waals surface area contributed by atoms with Crippen molar-refractivity contribution in [1.82, 2.24) is 10.6 Å². The SMILES string of the molecule is COCCNC(=NCC(C)(O)c1cc(C)oc1C)NCCc1ccco1. The van der Waals surface area contributed by atoms with Crippen molar-refractivity contribution in [2.45, 2.75) is 32.8 Å². The van der Waals surface area contributed by atoms with E-state index in [4.69, 9.17) is 13.6 Å². The maximum absolute atomic E-state index is 10.8. The van der Waals surface area contributed by atoms with Crippen molar-refractivity contribution in [3.8, 4) is 0 Å². The van der Waals surface area contributed by atoms with Crippen LogP contribution in [-0.2, 0) is 16.8 Å². The first-order chi connectivity index (χ1) is 12.4. The lowest BCUT2D eigenvalue weighted by atomic mass is 9.96. The van der Waals surface area contributed by atoms with Crippen LogP contribution in [0.1, 0.15) is 29.8 Å². The molecule has 26 heavy (non-hydrogen) atoms. The Balaban J connectivity index is 1.98. The molecule has 2 heterocycles. The lowest BCUT2D eigenvalue weighted by Gasteiger charge is -2.21. The number of hydrogen-bond acceptors (Lipinski definition) is 5. The molecule has 0 bridgehead atoms. The molecule has 0 aliphatic heterocycles. The molecule has 1 atom stereocenters. The van der Waals surface area contributed by atoms with E-state index in [1.165, 1.54) is 0 Å². The van der Waals surface area contributed by atoms with Gasteiger partial charge in [-0.3, -0.25) is 0 Å². The average Bonchev–Trinajstić information content (AvgIpc) is 3.22. The molecule has 0 spiro atoms. The Labute approximate surface area is 154 Å². The van der Waals surface area contributed by atoms with E-state index in [0.29, 0.717) is 31.4 Å². The Morgan fingerprint density at radius 3 is 2.69 bits per heavy atom. The van der Waals surface area contributed by atoms with E-state index < -0.39 is 5.60 Å². The number of nitrogens with one attached hydrogen (secondary N) is 2. The van der Waals surface area contributed by atoms with E-state index in [-0.39, 0.29) is 6.54 Å². The third-order valence-electron chi connectivity index (χ3n) is 4.01. The van der Waals surface area contributed by atoms with Gasteiger partial charge in [-0.05, 0) is 39.0 Å². The highest BCUT2D eigenvalue weighted by Gasteiger charge is 2.27. The quantitative estimate of drug-likeness (QED) is 0.359. The smallest absolute Gasteiger partial charge is 0.191 e. The van der Waals surface area contributed by atoms with E-state index in [2.05, 4.69) is 15.6 Å². The minimum absolute atomic E-state index is 0.204. The first-order valence-electron chi connectivity index (χ1n) is 8.76. The molecular formula is C19H29N3O4. The van der Waals surface area contributed by atoms with Gasteiger partial charge in [0.2, 0.25) is 0 Å². The van der Waals surface area contributed by atoms with Crippen molar-refractivity contribution in [3.05, 3.63) is 47.3 Å². The van der Waals surface area contributed by atoms with Crippen molar-refractivity contribution >= 4 is 5.96 Å². The molecule has 2 aromatic heterocycles. The summed E-state index contributed by atoms with van der Waals surface area (Å²) in [5.41, 5.74) is -0.357. The van der Waals surface area contributed by atoms with Gasteiger partial charge in [0.1, 0.15) is 22.9 Å². The number of furan rings is 2. The summed E-state index contributed by atoms with van der Waals surface area (Å²) in [4.78, 5) is 4.53. The highest BCUT2D eigenvalue weighted by molar-refractivity contribution is 5.79. The molecule has 0 amide bonds. The number of methoxy groups -OCH3 is 1. The van der Waals surface area contributed by atoms with Crippen molar-refractivity contribution in [3.63, 3.8) is 0 Å². The number of hydrogen-bond donors (Lipinski definition) is 3. The molecule has 7 heteroatoms. The first kappa shape index (κ1) is 20.1. The van der Waals surface area contributed by atoms with Crippen molar-refractivity contribution < 1.29 is 18.7 Å². The van der Waals surface area contributed by atoms with Crippen molar-refractivity contribution in [2.24, 2.45) is 4.99 Å². The molecule has 0 fully saturated rings. The number of guanidine groups is 1. The van der Waals surface area contributed by atoms with Crippen molar-refractivity contribution in [1.29, 1.82) is 0 Å². The number of nitrogens with zero attached hydrogens (tertiary/aromatic N) is 1. The maximum Gasteiger partial charge on any atom is 0.191 e. The fourth-order valence-electron chi connectivity index (χ4n) is 2.69. The Morgan fingerprint density at radius 1 is 1.31 bits per heavy atom. The van der Waals surface area contributed by atoms with Crippen LogP contribution in [0.25, 0.3) is 0 Å². The number of rotatable bonds is 9. The molecule has 2 aromatic rings. The third-order valence-corrected chi connectivity index (χ3v) is 4.01. The van der Waals surface area contributed by atoms with Gasteiger partial charge < -0.3 is 29.3 Å². The highest BCUT2D eigenvalue weighted by atomic mass is 16.5. The van der Waals surface area contributed by atoms with Gasteiger partial charge in [-0.2, -0.15) is 0 Å². The first-order valence-corrected chi connectivity index (χ1v) is 8.76. The largest absolute Gasteiger partial charge is 0.469 e. The summed E-state index contributed by atoms with van der Waals surface area (Å²) in [6.07, 6.45) is 2.40. The average molecular weight is 363 g/mol. The predicted molar refractivity (Wildman–Crippen MR) is 100 cm³/mol. The second kappa shape index (κ2) is 9.45. The molecule has 0 radical (unpaired) electrons. The molecule has 1 unspecified atom stereocenters. The zero-order valence-corrected chi connectivity index (χ0v) is 16.0. The second-order valence-corrected chi connectivity index (χ2v) is 6.44. The van der Waals surface area contributed by atoms with E-state index in [9.17, 15) is 5.11 Å². The van der Waals surface area contributed by atoms with Crippen LogP contribution in [0.2, 0.25) is 0 Å². The zero-order chi connectivity index (χ0) is 19.0. The molecule has 0 saturated carbocycles. The monoisotopic (exact) mass is 363 g/mol. The van der Waals surface area contributed by atoms with Crippen LogP contribution < -0.4 is 10.6 Å². The third kappa shape index (κ3) is 5.93.